The molecule has 0 spiro atoms. The van der Waals surface area contributed by atoms with E-state index in [9.17, 15) is 9.90 Å². The number of benzene rings is 1. The lowest BCUT2D eigenvalue weighted by Crippen LogP contribution is -2.23. The molecule has 0 bridgehead atoms. The van der Waals surface area contributed by atoms with Crippen molar-refractivity contribution in [1.29, 1.82) is 0 Å². The van der Waals surface area contributed by atoms with Crippen LogP contribution in [0.1, 0.15) is 17.3 Å². The van der Waals surface area contributed by atoms with Gasteiger partial charge in [0.1, 0.15) is 11.4 Å². The van der Waals surface area contributed by atoms with Gasteiger partial charge < -0.3 is 15.2 Å². The van der Waals surface area contributed by atoms with E-state index >= 15 is 0 Å². The minimum absolute atomic E-state index is 0.0169. The average Bonchev–Trinajstić information content (AvgIpc) is 2.38. The summed E-state index contributed by atoms with van der Waals surface area (Å²) >= 11 is 0. The highest BCUT2D eigenvalue weighted by molar-refractivity contribution is 5.98. The van der Waals surface area contributed by atoms with Gasteiger partial charge in [0.15, 0.2) is 0 Å². The molecular formula is C14H16N2O3. The number of aromatic nitrogens is 1. The third kappa shape index (κ3) is 3.00. The number of anilines is 1. The second kappa shape index (κ2) is 5.67. The van der Waals surface area contributed by atoms with E-state index in [4.69, 9.17) is 4.74 Å². The number of fused-ring (bicyclic) bond motifs is 1. The first kappa shape index (κ1) is 13.3. The molecule has 1 heterocycles. The van der Waals surface area contributed by atoms with Gasteiger partial charge in [-0.05, 0) is 19.1 Å². The molecular weight excluding hydrogens is 244 g/mol. The number of nitrogens with one attached hydrogen (secondary N) is 1. The van der Waals surface area contributed by atoms with E-state index in [0.29, 0.717) is 12.4 Å². The molecule has 0 amide bonds. The van der Waals surface area contributed by atoms with Crippen molar-refractivity contribution in [2.24, 2.45) is 0 Å². The maximum absolute atomic E-state index is 11.3. The zero-order valence-electron chi connectivity index (χ0n) is 10.9. The Morgan fingerprint density at radius 3 is 2.89 bits per heavy atom. The Hall–Kier alpha value is -2.14. The lowest BCUT2D eigenvalue weighted by atomic mass is 10.1. The molecule has 1 aromatic heterocycles. The second-order valence-corrected chi connectivity index (χ2v) is 4.38. The van der Waals surface area contributed by atoms with Gasteiger partial charge in [-0.3, -0.25) is 0 Å². The standard InChI is InChI=1S/C14H16N2O3/c1-9(8-19-2)15-13-11(14(17)18)7-10-5-3-4-6-12(10)16-13/h3-7,9H,8H2,1-2H3,(H,15,16)(H,17,18). The molecule has 5 heteroatoms. The van der Waals surface area contributed by atoms with E-state index in [-0.39, 0.29) is 11.6 Å². The largest absolute Gasteiger partial charge is 0.478 e. The molecule has 0 aliphatic carbocycles. The zero-order valence-corrected chi connectivity index (χ0v) is 10.9. The number of carboxylic acids is 1. The Bertz CT molecular complexity index is 598. The maximum Gasteiger partial charge on any atom is 0.339 e. The van der Waals surface area contributed by atoms with E-state index < -0.39 is 5.97 Å². The molecule has 0 saturated heterocycles. The molecule has 0 aliphatic rings. The Morgan fingerprint density at radius 2 is 2.21 bits per heavy atom. The van der Waals surface area contributed by atoms with E-state index in [2.05, 4.69) is 10.3 Å². The minimum Gasteiger partial charge on any atom is -0.478 e. The second-order valence-electron chi connectivity index (χ2n) is 4.38. The molecule has 2 N–H and O–H groups in total. The quantitative estimate of drug-likeness (QED) is 0.863. The van der Waals surface area contributed by atoms with Crippen LogP contribution in [0.15, 0.2) is 30.3 Å². The van der Waals surface area contributed by atoms with Gasteiger partial charge in [-0.25, -0.2) is 9.78 Å². The number of rotatable bonds is 5. The molecule has 1 atom stereocenters. The summed E-state index contributed by atoms with van der Waals surface area (Å²) < 4.78 is 5.03. The van der Waals surface area contributed by atoms with Crippen molar-refractivity contribution in [2.45, 2.75) is 13.0 Å². The van der Waals surface area contributed by atoms with Crippen molar-refractivity contribution in [3.8, 4) is 0 Å². The van der Waals surface area contributed by atoms with Crippen molar-refractivity contribution in [3.05, 3.63) is 35.9 Å². The molecule has 19 heavy (non-hydrogen) atoms. The predicted octanol–water partition coefficient (Wildman–Crippen LogP) is 2.38. The third-order valence-electron chi connectivity index (χ3n) is 2.75. The number of hydrogen-bond donors (Lipinski definition) is 2. The SMILES string of the molecule is COCC(C)Nc1nc2ccccc2cc1C(=O)O. The van der Waals surface area contributed by atoms with Crippen LogP contribution < -0.4 is 5.32 Å². The summed E-state index contributed by atoms with van der Waals surface area (Å²) in [7, 11) is 1.60. The normalized spacial score (nSPS) is 12.3. The number of carboxylic acid groups (broad SMARTS) is 1. The van der Waals surface area contributed by atoms with Crippen LogP contribution >= 0.6 is 0 Å². The fraction of sp³-hybridized carbons (Fsp3) is 0.286. The summed E-state index contributed by atoms with van der Waals surface area (Å²) in [5, 5.41) is 13.1. The van der Waals surface area contributed by atoms with Crippen molar-refractivity contribution < 1.29 is 14.6 Å². The van der Waals surface area contributed by atoms with Gasteiger partial charge in [0, 0.05) is 18.5 Å². The number of aromatic carboxylic acids is 1. The fourth-order valence-corrected chi connectivity index (χ4v) is 1.91. The van der Waals surface area contributed by atoms with Crippen LogP contribution in [0.25, 0.3) is 10.9 Å². The van der Waals surface area contributed by atoms with Gasteiger partial charge >= 0.3 is 5.97 Å². The zero-order chi connectivity index (χ0) is 13.8. The van der Waals surface area contributed by atoms with Crippen molar-refractivity contribution >= 4 is 22.7 Å². The number of ether oxygens (including phenoxy) is 1. The van der Waals surface area contributed by atoms with Crippen molar-refractivity contribution in [1.82, 2.24) is 4.98 Å². The monoisotopic (exact) mass is 260 g/mol. The highest BCUT2D eigenvalue weighted by atomic mass is 16.5. The Balaban J connectivity index is 2.44. The summed E-state index contributed by atoms with van der Waals surface area (Å²) in [6.07, 6.45) is 0. The molecule has 100 valence electrons. The van der Waals surface area contributed by atoms with Crippen LogP contribution in [0.3, 0.4) is 0 Å². The first-order valence-corrected chi connectivity index (χ1v) is 6.00. The van der Waals surface area contributed by atoms with Gasteiger partial charge in [-0.2, -0.15) is 0 Å². The van der Waals surface area contributed by atoms with Gasteiger partial charge in [-0.1, -0.05) is 18.2 Å². The van der Waals surface area contributed by atoms with Crippen LogP contribution in [0.5, 0.6) is 0 Å². The fourth-order valence-electron chi connectivity index (χ4n) is 1.91. The van der Waals surface area contributed by atoms with Crippen LogP contribution in [-0.2, 0) is 4.74 Å². The molecule has 2 rings (SSSR count). The van der Waals surface area contributed by atoms with E-state index in [1.54, 1.807) is 13.2 Å². The highest BCUT2D eigenvalue weighted by Crippen LogP contribution is 2.21. The van der Waals surface area contributed by atoms with E-state index in [0.717, 1.165) is 10.9 Å². The first-order valence-electron chi connectivity index (χ1n) is 6.00. The minimum atomic E-state index is -0.995. The van der Waals surface area contributed by atoms with Crippen LogP contribution in [0.2, 0.25) is 0 Å². The molecule has 0 fully saturated rings. The lowest BCUT2D eigenvalue weighted by Gasteiger charge is -2.15. The van der Waals surface area contributed by atoms with E-state index in [1.165, 1.54) is 0 Å². The predicted molar refractivity (Wildman–Crippen MR) is 73.7 cm³/mol. The highest BCUT2D eigenvalue weighted by Gasteiger charge is 2.14. The summed E-state index contributed by atoms with van der Waals surface area (Å²) in [6.45, 7) is 2.39. The Morgan fingerprint density at radius 1 is 1.47 bits per heavy atom. The molecule has 0 aliphatic heterocycles. The Kier molecular flexibility index (Phi) is 3.97. The van der Waals surface area contributed by atoms with Crippen molar-refractivity contribution in [2.75, 3.05) is 19.0 Å². The summed E-state index contributed by atoms with van der Waals surface area (Å²) in [4.78, 5) is 15.7. The first-order chi connectivity index (χ1) is 9.11. The van der Waals surface area contributed by atoms with Crippen LogP contribution in [0.4, 0.5) is 5.82 Å². The van der Waals surface area contributed by atoms with Gasteiger partial charge in [0.05, 0.1) is 12.1 Å². The van der Waals surface area contributed by atoms with Crippen LogP contribution in [0, 0.1) is 0 Å². The maximum atomic E-state index is 11.3. The number of para-hydroxylation sites is 1. The topological polar surface area (TPSA) is 71.5 Å². The average molecular weight is 260 g/mol. The molecule has 0 saturated carbocycles. The van der Waals surface area contributed by atoms with Gasteiger partial charge in [0.25, 0.3) is 0 Å². The van der Waals surface area contributed by atoms with Gasteiger partial charge in [0.2, 0.25) is 0 Å². The molecule has 1 aromatic carbocycles. The number of carbonyl (C=O) groups is 1. The Labute approximate surface area is 111 Å². The van der Waals surface area contributed by atoms with Gasteiger partial charge in [-0.15, -0.1) is 0 Å². The number of pyridine rings is 1. The molecule has 1 unspecified atom stereocenters. The van der Waals surface area contributed by atoms with E-state index in [1.807, 2.05) is 31.2 Å². The summed E-state index contributed by atoms with van der Waals surface area (Å²) in [5.41, 5.74) is 0.932. The third-order valence-corrected chi connectivity index (χ3v) is 2.75. The lowest BCUT2D eigenvalue weighted by molar-refractivity contribution is 0.0697. The van der Waals surface area contributed by atoms with Crippen molar-refractivity contribution in [3.63, 3.8) is 0 Å². The number of nitrogens with zero attached hydrogens (tertiary/aromatic N) is 1. The molecule has 0 radical (unpaired) electrons. The molecule has 5 nitrogen and oxygen atoms in total. The number of hydrogen-bond acceptors (Lipinski definition) is 4. The van der Waals surface area contributed by atoms with Crippen LogP contribution in [-0.4, -0.2) is 35.8 Å². The number of methoxy groups -OCH3 is 1. The molecule has 2 aromatic rings. The smallest absolute Gasteiger partial charge is 0.339 e. The summed E-state index contributed by atoms with van der Waals surface area (Å²) in [5.74, 6) is -0.624. The summed E-state index contributed by atoms with van der Waals surface area (Å²) in [6, 6.07) is 9.04.